The van der Waals surface area contributed by atoms with Gasteiger partial charge in [0, 0.05) is 0 Å². The molecule has 21 heavy (non-hydrogen) atoms. The lowest BCUT2D eigenvalue weighted by molar-refractivity contribution is -0.120. The lowest BCUT2D eigenvalue weighted by Crippen LogP contribution is -2.42. The summed E-state index contributed by atoms with van der Waals surface area (Å²) >= 11 is 0. The van der Waals surface area contributed by atoms with Gasteiger partial charge in [-0.1, -0.05) is 12.8 Å². The molecule has 5 nitrogen and oxygen atoms in total. The summed E-state index contributed by atoms with van der Waals surface area (Å²) in [4.78, 5) is 18.4. The van der Waals surface area contributed by atoms with Crippen LogP contribution in [0.4, 0.5) is 11.5 Å². The molecule has 120 valence electrons. The highest BCUT2D eigenvalue weighted by atomic mass is 35.5. The number of halogens is 2. The largest absolute Gasteiger partial charge is 0.384 e. The molecular weight excluding hydrogens is 311 g/mol. The van der Waals surface area contributed by atoms with Crippen LogP contribution in [0.15, 0.2) is 18.3 Å². The molecule has 0 aromatic carbocycles. The van der Waals surface area contributed by atoms with E-state index in [1.54, 1.807) is 18.3 Å². The Labute approximate surface area is 138 Å². The van der Waals surface area contributed by atoms with Crippen LogP contribution in [-0.4, -0.2) is 34.9 Å². The highest BCUT2D eigenvalue weighted by Gasteiger charge is 2.22. The van der Waals surface area contributed by atoms with Gasteiger partial charge in [0.1, 0.15) is 5.82 Å². The normalized spacial score (nSPS) is 16.8. The molecule has 0 bridgehead atoms. The van der Waals surface area contributed by atoms with E-state index in [1.165, 1.54) is 25.7 Å². The van der Waals surface area contributed by atoms with E-state index in [2.05, 4.69) is 15.2 Å². The minimum Gasteiger partial charge on any atom is -0.384 e. The molecule has 1 aliphatic heterocycles. The van der Waals surface area contributed by atoms with Crippen molar-refractivity contribution in [1.82, 2.24) is 9.88 Å². The van der Waals surface area contributed by atoms with Crippen LogP contribution in [0.2, 0.25) is 0 Å². The number of nitrogen functional groups attached to an aromatic ring is 1. The zero-order chi connectivity index (χ0) is 13.7. The molecule has 0 radical (unpaired) electrons. The zero-order valence-corrected chi connectivity index (χ0v) is 13.9. The van der Waals surface area contributed by atoms with Crippen LogP contribution < -0.4 is 11.1 Å². The second kappa shape index (κ2) is 9.82. The average molecular weight is 335 g/mol. The number of nitrogens with two attached hydrogens (primary N) is 1. The Bertz CT molecular complexity index is 419. The molecule has 0 aliphatic carbocycles. The second-order valence-electron chi connectivity index (χ2n) is 5.09. The van der Waals surface area contributed by atoms with Crippen LogP contribution in [0, 0.1) is 0 Å². The Morgan fingerprint density at radius 2 is 1.86 bits per heavy atom. The van der Waals surface area contributed by atoms with E-state index < -0.39 is 0 Å². The maximum absolute atomic E-state index is 12.2. The Hall–Kier alpha value is -1.04. The van der Waals surface area contributed by atoms with Crippen molar-refractivity contribution in [3.05, 3.63) is 18.3 Å². The SMILES string of the molecule is CC(C(=O)Nc1ccc(N)nc1)N1CCCCCC1.Cl.Cl. The molecule has 1 aliphatic rings. The van der Waals surface area contributed by atoms with Gasteiger partial charge in [-0.3, -0.25) is 9.69 Å². The van der Waals surface area contributed by atoms with Crippen molar-refractivity contribution in [2.45, 2.75) is 38.6 Å². The second-order valence-corrected chi connectivity index (χ2v) is 5.09. The molecule has 0 saturated carbocycles. The van der Waals surface area contributed by atoms with Gasteiger partial charge in [0.25, 0.3) is 0 Å². The number of hydrogen-bond donors (Lipinski definition) is 2. The molecule has 1 aromatic rings. The van der Waals surface area contributed by atoms with E-state index in [1.807, 2.05) is 6.92 Å². The van der Waals surface area contributed by atoms with Gasteiger partial charge in [-0.25, -0.2) is 4.98 Å². The third kappa shape index (κ3) is 6.08. The summed E-state index contributed by atoms with van der Waals surface area (Å²) in [5, 5.41) is 2.89. The van der Waals surface area contributed by atoms with E-state index in [-0.39, 0.29) is 36.8 Å². The standard InChI is InChI=1S/C14H22N4O.2ClH/c1-11(18-8-4-2-3-5-9-18)14(19)17-12-6-7-13(15)16-10-12;;/h6-7,10-11H,2-5,8-9H2,1H3,(H2,15,16)(H,17,19);2*1H. The van der Waals surface area contributed by atoms with Gasteiger partial charge in [0.2, 0.25) is 5.91 Å². The van der Waals surface area contributed by atoms with E-state index in [0.717, 1.165) is 13.1 Å². The lowest BCUT2D eigenvalue weighted by atomic mass is 10.2. The number of carbonyl (C=O) groups is 1. The third-order valence-electron chi connectivity index (χ3n) is 3.62. The lowest BCUT2D eigenvalue weighted by Gasteiger charge is -2.26. The minimum absolute atomic E-state index is 0. The first-order valence-corrected chi connectivity index (χ1v) is 6.93. The molecule has 1 amide bonds. The summed E-state index contributed by atoms with van der Waals surface area (Å²) < 4.78 is 0. The molecule has 0 spiro atoms. The van der Waals surface area contributed by atoms with Gasteiger partial charge >= 0.3 is 0 Å². The fourth-order valence-corrected chi connectivity index (χ4v) is 2.37. The van der Waals surface area contributed by atoms with Crippen molar-refractivity contribution in [2.24, 2.45) is 0 Å². The summed E-state index contributed by atoms with van der Waals surface area (Å²) in [6.45, 7) is 3.98. The van der Waals surface area contributed by atoms with Gasteiger partial charge in [0.05, 0.1) is 17.9 Å². The highest BCUT2D eigenvalue weighted by Crippen LogP contribution is 2.14. The number of hydrogen-bond acceptors (Lipinski definition) is 4. The Morgan fingerprint density at radius 1 is 1.24 bits per heavy atom. The van der Waals surface area contributed by atoms with Crippen LogP contribution in [0.5, 0.6) is 0 Å². The molecule has 2 heterocycles. The van der Waals surface area contributed by atoms with Gasteiger partial charge < -0.3 is 11.1 Å². The van der Waals surface area contributed by atoms with Crippen LogP contribution in [-0.2, 0) is 4.79 Å². The molecule has 1 unspecified atom stereocenters. The molecular formula is C14H24Cl2N4O. The van der Waals surface area contributed by atoms with E-state index in [9.17, 15) is 4.79 Å². The van der Waals surface area contributed by atoms with Gasteiger partial charge in [-0.15, -0.1) is 24.8 Å². The Kier molecular flexibility index (Phi) is 9.33. The number of aromatic nitrogens is 1. The monoisotopic (exact) mass is 334 g/mol. The van der Waals surface area contributed by atoms with E-state index >= 15 is 0 Å². The van der Waals surface area contributed by atoms with Crippen LogP contribution in [0.25, 0.3) is 0 Å². The maximum atomic E-state index is 12.2. The summed E-state index contributed by atoms with van der Waals surface area (Å²) in [7, 11) is 0. The number of rotatable bonds is 3. The number of amides is 1. The summed E-state index contributed by atoms with van der Waals surface area (Å²) in [6, 6.07) is 3.36. The fraction of sp³-hybridized carbons (Fsp3) is 0.571. The van der Waals surface area contributed by atoms with Gasteiger partial charge in [-0.2, -0.15) is 0 Å². The van der Waals surface area contributed by atoms with Crippen LogP contribution in [0.1, 0.15) is 32.6 Å². The van der Waals surface area contributed by atoms with Crippen molar-refractivity contribution in [3.8, 4) is 0 Å². The van der Waals surface area contributed by atoms with Crippen molar-refractivity contribution < 1.29 is 4.79 Å². The quantitative estimate of drug-likeness (QED) is 0.891. The van der Waals surface area contributed by atoms with Gasteiger partial charge in [-0.05, 0) is 45.0 Å². The predicted molar refractivity (Wildman–Crippen MR) is 91.3 cm³/mol. The summed E-state index contributed by atoms with van der Waals surface area (Å²) in [6.07, 6.45) is 6.49. The third-order valence-corrected chi connectivity index (χ3v) is 3.62. The number of nitrogens with one attached hydrogen (secondary N) is 1. The maximum Gasteiger partial charge on any atom is 0.241 e. The topological polar surface area (TPSA) is 71.2 Å². The fourth-order valence-electron chi connectivity index (χ4n) is 2.37. The number of likely N-dealkylation sites (tertiary alicyclic amines) is 1. The Morgan fingerprint density at radius 3 is 2.38 bits per heavy atom. The smallest absolute Gasteiger partial charge is 0.241 e. The number of pyridine rings is 1. The predicted octanol–water partition coefficient (Wildman–Crippen LogP) is 2.71. The first-order chi connectivity index (χ1) is 9.16. The molecule has 2 rings (SSSR count). The van der Waals surface area contributed by atoms with Crippen molar-refractivity contribution in [1.29, 1.82) is 0 Å². The van der Waals surface area contributed by atoms with E-state index in [4.69, 9.17) is 5.73 Å². The zero-order valence-electron chi connectivity index (χ0n) is 12.2. The molecule has 1 aromatic heterocycles. The van der Waals surface area contributed by atoms with Gasteiger partial charge in [0.15, 0.2) is 0 Å². The Balaban J connectivity index is 0.00000200. The van der Waals surface area contributed by atoms with Crippen molar-refractivity contribution in [2.75, 3.05) is 24.1 Å². The van der Waals surface area contributed by atoms with E-state index in [0.29, 0.717) is 11.5 Å². The molecule has 7 heteroatoms. The summed E-state index contributed by atoms with van der Waals surface area (Å²) in [5.41, 5.74) is 6.21. The number of anilines is 2. The molecule has 1 fully saturated rings. The van der Waals surface area contributed by atoms with Crippen molar-refractivity contribution >= 4 is 42.2 Å². The molecule has 3 N–H and O–H groups in total. The number of nitrogens with zero attached hydrogens (tertiary/aromatic N) is 2. The molecule has 1 saturated heterocycles. The highest BCUT2D eigenvalue weighted by molar-refractivity contribution is 5.94. The van der Waals surface area contributed by atoms with Crippen LogP contribution in [0.3, 0.4) is 0 Å². The first kappa shape index (κ1) is 20.0. The first-order valence-electron chi connectivity index (χ1n) is 6.93. The minimum atomic E-state index is -0.101. The van der Waals surface area contributed by atoms with Crippen molar-refractivity contribution in [3.63, 3.8) is 0 Å². The van der Waals surface area contributed by atoms with Crippen LogP contribution >= 0.6 is 24.8 Å². The number of carbonyl (C=O) groups excluding carboxylic acids is 1. The summed E-state index contributed by atoms with van der Waals surface area (Å²) in [5.74, 6) is 0.479. The molecule has 1 atom stereocenters. The average Bonchev–Trinajstić information content (AvgIpc) is 2.69.